The Morgan fingerprint density at radius 2 is 0.555 bits per heavy atom. The zero-order valence-electron chi connectivity index (χ0n) is 76.1. The predicted octanol–water partition coefficient (Wildman–Crippen LogP) is 25.6. The van der Waals surface area contributed by atoms with Gasteiger partial charge in [0, 0.05) is 81.4 Å². The Kier molecular flexibility index (Phi) is 24.6. The molecule has 0 aliphatic rings. The fraction of sp³-hybridized carbons (Fsp3) is 0.0952. The molecule has 0 bridgehead atoms. The van der Waals surface area contributed by atoms with Gasteiger partial charge in [-0.3, -0.25) is 9.97 Å². The van der Waals surface area contributed by atoms with Gasteiger partial charge in [-0.25, -0.2) is 88.1 Å². The second-order valence-corrected chi connectivity index (χ2v) is 31.9. The van der Waals surface area contributed by atoms with E-state index in [2.05, 4.69) is 94.0 Å². The van der Waals surface area contributed by atoms with Crippen molar-refractivity contribution in [2.24, 2.45) is 0 Å². The molecule has 9 aromatic carbocycles. The van der Waals surface area contributed by atoms with E-state index < -0.39 is 47.3 Å². The molecule has 0 fully saturated rings. The molecule has 0 amide bonds. The zero-order chi connectivity index (χ0) is 103. The fourth-order valence-electron chi connectivity index (χ4n) is 16.2. The summed E-state index contributed by atoms with van der Waals surface area (Å²) in [5, 5.41) is 53.1. The van der Waals surface area contributed by atoms with Gasteiger partial charge in [-0.1, -0.05) is 92.0 Å². The van der Waals surface area contributed by atoms with Crippen molar-refractivity contribution in [2.45, 2.75) is 53.9 Å². The fourth-order valence-corrected chi connectivity index (χ4v) is 16.2. The summed E-state index contributed by atoms with van der Waals surface area (Å²) in [6.07, 6.45) is -10.7. The lowest BCUT2D eigenvalue weighted by Crippen LogP contribution is -2.21. The van der Waals surface area contributed by atoms with E-state index >= 15 is 0 Å². The Balaban J connectivity index is 0.000000121. The van der Waals surface area contributed by atoms with Crippen molar-refractivity contribution in [1.82, 2.24) is 84.7 Å². The van der Waals surface area contributed by atoms with E-state index in [1.807, 2.05) is 131 Å². The van der Waals surface area contributed by atoms with E-state index in [0.717, 1.165) is 45.4 Å². The number of halogens is 10. The van der Waals surface area contributed by atoms with Crippen LogP contribution in [0.4, 0.5) is 72.6 Å². The van der Waals surface area contributed by atoms with Crippen LogP contribution in [0.25, 0.3) is 188 Å². The summed E-state index contributed by atoms with van der Waals surface area (Å²) in [7, 11) is 3.07. The third kappa shape index (κ3) is 16.9. The summed E-state index contributed by atoms with van der Waals surface area (Å²) in [4.78, 5) is 88.4. The number of rotatable bonds is 6. The van der Waals surface area contributed by atoms with Crippen LogP contribution in [-0.4, -0.2) is 98.9 Å². The maximum absolute atomic E-state index is 13.7. The second-order valence-electron chi connectivity index (χ2n) is 31.9. The van der Waals surface area contributed by atoms with Crippen LogP contribution >= 0.6 is 0 Å². The molecule has 0 saturated heterocycles. The Morgan fingerprint density at radius 1 is 0.267 bits per heavy atom. The minimum absolute atomic E-state index is 0.0211. The monoisotopic (exact) mass is 1940 g/mol. The molecule has 700 valence electrons. The Bertz CT molecular complexity index is 9810. The van der Waals surface area contributed by atoms with Crippen LogP contribution in [0.2, 0.25) is 0 Å². The summed E-state index contributed by atoms with van der Waals surface area (Å²) < 4.78 is 158. The number of nitriles is 5. The highest BCUT2D eigenvalue weighted by atomic mass is 19.4. The highest BCUT2D eigenvalue weighted by Crippen LogP contribution is 2.48. The summed E-state index contributed by atoms with van der Waals surface area (Å²) >= 11 is 0. The molecule has 22 rings (SSSR count). The van der Waals surface area contributed by atoms with Gasteiger partial charge in [0.05, 0.1) is 106 Å². The molecule has 0 unspecified atom stereocenters. The van der Waals surface area contributed by atoms with Crippen molar-refractivity contribution in [3.8, 4) is 65.1 Å². The number of pyridine rings is 9. The Hall–Kier alpha value is -21.0. The van der Waals surface area contributed by atoms with Crippen molar-refractivity contribution < 1.29 is 62.9 Å². The van der Waals surface area contributed by atoms with E-state index in [4.69, 9.17) is 72.0 Å². The second kappa shape index (κ2) is 37.7. The van der Waals surface area contributed by atoms with Gasteiger partial charge in [-0.05, 0) is 138 Å². The van der Waals surface area contributed by atoms with Gasteiger partial charge < -0.3 is 28.6 Å². The molecule has 22 aromatic rings. The van der Waals surface area contributed by atoms with Gasteiger partial charge >= 0.3 is 12.4 Å². The van der Waals surface area contributed by atoms with Crippen molar-refractivity contribution in [2.75, 3.05) is 14.2 Å². The van der Waals surface area contributed by atoms with Gasteiger partial charge in [0.25, 0.3) is 23.4 Å². The average Bonchev–Trinajstić information content (AvgIpc) is 0.710. The maximum Gasteiger partial charge on any atom is 0.435 e. The van der Waals surface area contributed by atoms with Crippen molar-refractivity contribution >= 4 is 193 Å². The molecule has 13 heterocycles. The van der Waals surface area contributed by atoms with Gasteiger partial charge in [0.1, 0.15) is 81.0 Å². The zero-order valence-corrected chi connectivity index (χ0v) is 76.1. The van der Waals surface area contributed by atoms with Crippen molar-refractivity contribution in [3.05, 3.63) is 318 Å². The molecule has 0 aliphatic heterocycles. The molecule has 0 spiro atoms. The normalized spacial score (nSPS) is 11.2. The van der Waals surface area contributed by atoms with Crippen LogP contribution in [-0.2, 0) is 12.4 Å². The van der Waals surface area contributed by atoms with Gasteiger partial charge in [-0.15, -0.1) is 9.97 Å². The van der Waals surface area contributed by atoms with Crippen LogP contribution in [0, 0.1) is 155 Å². The van der Waals surface area contributed by atoms with Crippen LogP contribution in [0.3, 0.4) is 0 Å². The number of methoxy groups -OCH3 is 2. The number of nitrogens with zero attached hydrogens (tertiary/aromatic N) is 27. The third-order valence-corrected chi connectivity index (χ3v) is 23.3. The van der Waals surface area contributed by atoms with Crippen LogP contribution < -0.4 is 18.9 Å². The summed E-state index contributed by atoms with van der Waals surface area (Å²) in [5.41, 5.74) is 4.69. The molecule has 31 nitrogen and oxygen atoms in total. The highest BCUT2D eigenvalue weighted by molar-refractivity contribution is 6.27. The highest BCUT2D eigenvalue weighted by Gasteiger charge is 2.47. The number of para-hydroxylation sites is 2. The molecule has 0 aliphatic carbocycles. The number of fused-ring (bicyclic) bond motifs is 30. The maximum atomic E-state index is 13.7. The summed E-state index contributed by atoms with van der Waals surface area (Å²) in [6.45, 7) is 47.7. The molecular formula is C105H51F10N27O4. The Morgan fingerprint density at radius 3 is 0.952 bits per heavy atom. The first-order valence-electron chi connectivity index (χ1n) is 42.6. The van der Waals surface area contributed by atoms with Gasteiger partial charge in [0.15, 0.2) is 45.9 Å². The minimum Gasteiger partial charge on any atom is -0.491 e. The SMILES string of the molecule is Cc1nc2c3ccccc3c3nc(C(F)(F)F)c(C(F)(F)F)nc3c2nc1C.[C-]#[N+]c1cc2c3nc(C)c(C)cc3c3nc(OC)c(OC)cc3c2nc1C#N.[C-]#[N+]c1cc2c3nc(C)c(C)cc3c3nc(Oc4ccccc4)c(Oc4ccccc4)cc3c2nc1C#N.[C-]#[N+]c1cc2c3nc(F)c(F)cc3c3nc(F)c(F)cc3c2nc1C#N.[C-]#[N+]c1nc2c3ccccc3c3nc(C#N)c(C#N)nc3c2nc1[N+]#[C-]. The molecule has 0 N–H and O–H groups in total. The van der Waals surface area contributed by atoms with Crippen LogP contribution in [0.1, 0.15) is 73.8 Å². The summed E-state index contributed by atoms with van der Waals surface area (Å²) in [5.74, 6) is -2.94. The van der Waals surface area contributed by atoms with E-state index in [9.17, 15) is 65.0 Å². The predicted molar refractivity (Wildman–Crippen MR) is 517 cm³/mol. The lowest BCUT2D eigenvalue weighted by atomic mass is 10.0. The number of aromatic nitrogens is 17. The Labute approximate surface area is 813 Å². The first-order valence-corrected chi connectivity index (χ1v) is 42.6. The molecule has 146 heavy (non-hydrogen) atoms. The molecule has 41 heteroatoms. The molecule has 0 radical (unpaired) electrons. The number of benzene rings is 9. The van der Waals surface area contributed by atoms with Gasteiger partial charge in [0.2, 0.25) is 40.0 Å². The largest absolute Gasteiger partial charge is 0.491 e. The first kappa shape index (κ1) is 95.3. The molecule has 0 saturated carbocycles. The van der Waals surface area contributed by atoms with E-state index in [-0.39, 0.29) is 134 Å². The van der Waals surface area contributed by atoms with Crippen molar-refractivity contribution in [3.63, 3.8) is 0 Å². The summed E-state index contributed by atoms with van der Waals surface area (Å²) in [6, 6.07) is 55.5. The lowest BCUT2D eigenvalue weighted by molar-refractivity contribution is -0.167. The number of hydrogen-bond acceptors (Lipinski definition) is 26. The van der Waals surface area contributed by atoms with E-state index in [1.165, 1.54) is 26.4 Å². The molecule has 0 atom stereocenters. The van der Waals surface area contributed by atoms with Crippen LogP contribution in [0.5, 0.6) is 34.8 Å². The molecule has 13 aromatic heterocycles. The van der Waals surface area contributed by atoms with Gasteiger partial charge in [-0.2, -0.15) is 61.4 Å². The number of hydrogen-bond donors (Lipinski definition) is 0. The standard InChI is InChI=1S/C31H19N5O2.C21H15N5O2.C18H10F6N4.C18H4N8.C17H3F4N5/c1-18-14-22-28(34-19(18)2)23-15-25(33-3)26(17-32)35-29(23)24-16-27(37-20-10-6-4-7-11-20)31(36-30(22)24)38-21-12-8-5-9-13-21;1-10-6-12-18(24-11(10)2)13-7-15(23-3)16(9-22)25-19(13)14-8-17(27-4)21(28-5)26-20(12)14;1-7-8(2)26-13-11(25-7)9-5-3-4-6-10(9)12-14(13)28-16(18(22,23)24)15(27-12)17(19,20)21;1-21-17-18(22-2)26-16-14(25-17)10-6-4-3-5-9(10)13-15(16)24-12(8-20)11(7-19)23-13;1-23-11-4-8-13(24-12(11)5-22)6-2-9(18)16(20)25-14(6)7-3-10(19)17(21)26-15(7)8/h4-16H,1-2H3;6-8H,1-2,4-5H3;3-6H,1-2H3;3-6H;2-4H. The van der Waals surface area contributed by atoms with E-state index in [1.54, 1.807) is 80.6 Å². The number of alkyl halides is 6. The third-order valence-electron chi connectivity index (χ3n) is 23.3. The quantitative estimate of drug-likeness (QED) is 0.0645. The number of aryl methyl sites for hydroxylation is 6. The smallest absolute Gasteiger partial charge is 0.435 e. The first-order chi connectivity index (χ1) is 70.2. The number of ether oxygens (including phenoxy) is 4. The average molecular weight is 1940 g/mol. The van der Waals surface area contributed by atoms with Crippen molar-refractivity contribution in [1.29, 1.82) is 26.3 Å². The minimum atomic E-state index is -5.34. The van der Waals surface area contributed by atoms with E-state index in [0.29, 0.717) is 122 Å². The molecular weight excluding hydrogens is 1890 g/mol. The topological polar surface area (TPSA) is 397 Å². The van der Waals surface area contributed by atoms with Crippen LogP contribution in [0.15, 0.2) is 164 Å². The lowest BCUT2D eigenvalue weighted by Gasteiger charge is -2.16.